The van der Waals surface area contributed by atoms with E-state index in [0.717, 1.165) is 0 Å². The topological polar surface area (TPSA) is 71.5 Å². The molecule has 1 aliphatic rings. The van der Waals surface area contributed by atoms with Crippen LogP contribution in [0.1, 0.15) is 6.42 Å². The lowest BCUT2D eigenvalue weighted by atomic mass is 10.3. The fourth-order valence-corrected chi connectivity index (χ4v) is 3.79. The highest BCUT2D eigenvalue weighted by Gasteiger charge is 2.33. The van der Waals surface area contributed by atoms with Gasteiger partial charge in [0.25, 0.3) is 0 Å². The number of aromatic nitrogens is 1. The zero-order valence-corrected chi connectivity index (χ0v) is 12.3. The highest BCUT2D eigenvalue weighted by Crippen LogP contribution is 2.26. The standard InChI is InChI=1S/C11H16ClN3O3S/c1-13-11-10(12)5-9(6-14-11)19(16,17)15-4-3-8(7-15)18-2/h5-6,8H,3-4,7H2,1-2H3,(H,13,14). The van der Waals surface area contributed by atoms with E-state index >= 15 is 0 Å². The van der Waals surface area contributed by atoms with E-state index in [9.17, 15) is 8.42 Å². The Balaban J connectivity index is 2.27. The van der Waals surface area contributed by atoms with Gasteiger partial charge >= 0.3 is 0 Å². The third-order valence-corrected chi connectivity index (χ3v) is 5.25. The Morgan fingerprint density at radius 1 is 1.58 bits per heavy atom. The zero-order valence-electron chi connectivity index (χ0n) is 10.8. The minimum Gasteiger partial charge on any atom is -0.380 e. The van der Waals surface area contributed by atoms with Crippen LogP contribution in [0.3, 0.4) is 0 Å². The van der Waals surface area contributed by atoms with Crippen molar-refractivity contribution in [1.82, 2.24) is 9.29 Å². The summed E-state index contributed by atoms with van der Waals surface area (Å²) in [6.07, 6.45) is 1.97. The molecule has 1 N–H and O–H groups in total. The predicted molar refractivity (Wildman–Crippen MR) is 73.0 cm³/mol. The smallest absolute Gasteiger partial charge is 0.244 e. The van der Waals surface area contributed by atoms with E-state index in [4.69, 9.17) is 16.3 Å². The van der Waals surface area contributed by atoms with Crippen molar-refractivity contribution in [2.24, 2.45) is 0 Å². The third kappa shape index (κ3) is 2.84. The van der Waals surface area contributed by atoms with Crippen LogP contribution in [0, 0.1) is 0 Å². The molecule has 1 saturated heterocycles. The number of rotatable bonds is 4. The van der Waals surface area contributed by atoms with Crippen LogP contribution < -0.4 is 5.32 Å². The molecule has 0 saturated carbocycles. The first-order valence-electron chi connectivity index (χ1n) is 5.85. The van der Waals surface area contributed by atoms with Gasteiger partial charge in [-0.25, -0.2) is 13.4 Å². The van der Waals surface area contributed by atoms with Crippen LogP contribution in [0.2, 0.25) is 5.02 Å². The predicted octanol–water partition coefficient (Wildman–Crippen LogP) is 1.19. The Kier molecular flexibility index (Phi) is 4.29. The molecule has 0 aliphatic carbocycles. The molecule has 0 spiro atoms. The molecular formula is C11H16ClN3O3S. The summed E-state index contributed by atoms with van der Waals surface area (Å²) in [5.41, 5.74) is 0. The number of anilines is 1. The number of nitrogens with one attached hydrogen (secondary N) is 1. The molecule has 0 aromatic carbocycles. The van der Waals surface area contributed by atoms with Crippen molar-refractivity contribution in [3.63, 3.8) is 0 Å². The first kappa shape index (κ1) is 14.5. The first-order chi connectivity index (χ1) is 8.98. The molecule has 6 nitrogen and oxygen atoms in total. The number of ether oxygens (including phenoxy) is 1. The van der Waals surface area contributed by atoms with E-state index in [0.29, 0.717) is 25.3 Å². The minimum atomic E-state index is -3.55. The van der Waals surface area contributed by atoms with E-state index in [1.54, 1.807) is 14.2 Å². The molecule has 2 rings (SSSR count). The second kappa shape index (κ2) is 5.62. The Morgan fingerprint density at radius 2 is 2.32 bits per heavy atom. The number of hydrogen-bond donors (Lipinski definition) is 1. The van der Waals surface area contributed by atoms with Gasteiger partial charge in [-0.1, -0.05) is 11.6 Å². The lowest BCUT2D eigenvalue weighted by molar-refractivity contribution is 0.115. The maximum atomic E-state index is 12.4. The molecule has 0 radical (unpaired) electrons. The molecule has 1 fully saturated rings. The van der Waals surface area contributed by atoms with Crippen molar-refractivity contribution in [1.29, 1.82) is 0 Å². The van der Waals surface area contributed by atoms with Crippen molar-refractivity contribution in [2.75, 3.05) is 32.6 Å². The molecule has 2 heterocycles. The minimum absolute atomic E-state index is 0.0465. The van der Waals surface area contributed by atoms with Crippen molar-refractivity contribution < 1.29 is 13.2 Å². The maximum absolute atomic E-state index is 12.4. The highest BCUT2D eigenvalue weighted by molar-refractivity contribution is 7.89. The zero-order chi connectivity index (χ0) is 14.0. The van der Waals surface area contributed by atoms with Crippen molar-refractivity contribution in [3.8, 4) is 0 Å². The average molecular weight is 306 g/mol. The Bertz CT molecular complexity index is 564. The van der Waals surface area contributed by atoms with Crippen LogP contribution in [0.4, 0.5) is 5.82 Å². The Labute approximate surface area is 117 Å². The number of sulfonamides is 1. The monoisotopic (exact) mass is 305 g/mol. The van der Waals surface area contributed by atoms with Crippen LogP contribution in [0.15, 0.2) is 17.2 Å². The van der Waals surface area contributed by atoms with E-state index in [1.165, 1.54) is 16.6 Å². The third-order valence-electron chi connectivity index (χ3n) is 3.13. The number of halogens is 1. The molecule has 1 aromatic rings. The quantitative estimate of drug-likeness (QED) is 0.904. The van der Waals surface area contributed by atoms with Gasteiger partial charge in [-0.05, 0) is 12.5 Å². The van der Waals surface area contributed by atoms with Gasteiger partial charge in [0.05, 0.1) is 11.1 Å². The molecule has 1 aromatic heterocycles. The van der Waals surface area contributed by atoms with E-state index in [-0.39, 0.29) is 16.0 Å². The van der Waals surface area contributed by atoms with Gasteiger partial charge < -0.3 is 10.1 Å². The summed E-state index contributed by atoms with van der Waals surface area (Å²) in [6.45, 7) is 0.816. The molecule has 0 amide bonds. The van der Waals surface area contributed by atoms with Crippen LogP contribution in [-0.4, -0.2) is 51.1 Å². The molecule has 1 unspecified atom stereocenters. The molecule has 106 valence electrons. The van der Waals surface area contributed by atoms with E-state index in [1.807, 2.05) is 0 Å². The average Bonchev–Trinajstić information content (AvgIpc) is 2.88. The molecule has 8 heteroatoms. The maximum Gasteiger partial charge on any atom is 0.244 e. The number of pyridine rings is 1. The molecule has 19 heavy (non-hydrogen) atoms. The van der Waals surface area contributed by atoms with Crippen molar-refractivity contribution in [3.05, 3.63) is 17.3 Å². The van der Waals surface area contributed by atoms with Gasteiger partial charge in [0.1, 0.15) is 10.7 Å². The van der Waals surface area contributed by atoms with Crippen molar-refractivity contribution >= 4 is 27.4 Å². The SMILES string of the molecule is CNc1ncc(S(=O)(=O)N2CCC(OC)C2)cc1Cl. The van der Waals surface area contributed by atoms with Crippen LogP contribution in [0.5, 0.6) is 0 Å². The van der Waals surface area contributed by atoms with Crippen LogP contribution in [0.25, 0.3) is 0 Å². The number of nitrogens with zero attached hydrogens (tertiary/aromatic N) is 2. The normalized spacial score (nSPS) is 20.7. The second-order valence-electron chi connectivity index (χ2n) is 4.26. The molecule has 1 atom stereocenters. The van der Waals surface area contributed by atoms with Gasteiger partial charge in [0.15, 0.2) is 0 Å². The van der Waals surface area contributed by atoms with Gasteiger partial charge in [-0.2, -0.15) is 4.31 Å². The summed E-state index contributed by atoms with van der Waals surface area (Å²) in [5.74, 6) is 0.455. The van der Waals surface area contributed by atoms with Crippen LogP contribution in [-0.2, 0) is 14.8 Å². The lowest BCUT2D eigenvalue weighted by Crippen LogP contribution is -2.30. The fourth-order valence-electron chi connectivity index (χ4n) is 2.00. The van der Waals surface area contributed by atoms with Crippen molar-refractivity contribution in [2.45, 2.75) is 17.4 Å². The first-order valence-corrected chi connectivity index (χ1v) is 7.67. The van der Waals surface area contributed by atoms with E-state index in [2.05, 4.69) is 10.3 Å². The summed E-state index contributed by atoms with van der Waals surface area (Å²) in [5, 5.41) is 3.07. The molecular weight excluding hydrogens is 290 g/mol. The molecule has 0 bridgehead atoms. The number of hydrogen-bond acceptors (Lipinski definition) is 5. The lowest BCUT2D eigenvalue weighted by Gasteiger charge is -2.16. The van der Waals surface area contributed by atoms with Gasteiger partial charge in [0, 0.05) is 33.4 Å². The number of methoxy groups -OCH3 is 1. The second-order valence-corrected chi connectivity index (χ2v) is 6.61. The highest BCUT2D eigenvalue weighted by atomic mass is 35.5. The summed E-state index contributed by atoms with van der Waals surface area (Å²) in [4.78, 5) is 4.10. The molecule has 1 aliphatic heterocycles. The Hall–Kier alpha value is -0.890. The van der Waals surface area contributed by atoms with Gasteiger partial charge in [-0.3, -0.25) is 0 Å². The summed E-state index contributed by atoms with van der Waals surface area (Å²) < 4.78 is 31.4. The fraction of sp³-hybridized carbons (Fsp3) is 0.545. The summed E-state index contributed by atoms with van der Waals surface area (Å²) in [7, 11) is -0.294. The summed E-state index contributed by atoms with van der Waals surface area (Å²) in [6, 6.07) is 1.41. The summed E-state index contributed by atoms with van der Waals surface area (Å²) >= 11 is 5.97. The van der Waals surface area contributed by atoms with Crippen LogP contribution >= 0.6 is 11.6 Å². The largest absolute Gasteiger partial charge is 0.380 e. The van der Waals surface area contributed by atoms with Gasteiger partial charge in [0.2, 0.25) is 10.0 Å². The van der Waals surface area contributed by atoms with E-state index < -0.39 is 10.0 Å². The van der Waals surface area contributed by atoms with Gasteiger partial charge in [-0.15, -0.1) is 0 Å². The Morgan fingerprint density at radius 3 is 2.84 bits per heavy atom.